The van der Waals surface area contributed by atoms with Crippen LogP contribution < -0.4 is 10.9 Å². The first-order chi connectivity index (χ1) is 17.1. The van der Waals surface area contributed by atoms with Gasteiger partial charge in [-0.3, -0.25) is 14.6 Å². The number of anilines is 1. The fourth-order valence-corrected chi connectivity index (χ4v) is 3.66. The minimum atomic E-state index is -4.59. The van der Waals surface area contributed by atoms with Gasteiger partial charge in [-0.15, -0.1) is 0 Å². The Labute approximate surface area is 201 Å². The minimum absolute atomic E-state index is 0.00574. The van der Waals surface area contributed by atoms with Gasteiger partial charge in [0.15, 0.2) is 5.65 Å². The van der Waals surface area contributed by atoms with Gasteiger partial charge in [-0.25, -0.2) is 4.68 Å². The van der Waals surface area contributed by atoms with Crippen LogP contribution in [0.1, 0.15) is 27.2 Å². The molecule has 2 N–H and O–H groups in total. The lowest BCUT2D eigenvalue weighted by Gasteiger charge is -2.11. The summed E-state index contributed by atoms with van der Waals surface area (Å²) in [6.45, 7) is 3.60. The molecule has 1 amide bonds. The van der Waals surface area contributed by atoms with Crippen molar-refractivity contribution in [2.45, 2.75) is 20.0 Å². The lowest BCUT2D eigenvalue weighted by Crippen LogP contribution is -2.19. The summed E-state index contributed by atoms with van der Waals surface area (Å²) in [6, 6.07) is 13.0. The molecule has 0 bridgehead atoms. The maximum atomic E-state index is 13.1. The van der Waals surface area contributed by atoms with E-state index in [1.165, 1.54) is 27.7 Å². The van der Waals surface area contributed by atoms with Gasteiger partial charge >= 0.3 is 6.18 Å². The Morgan fingerprint density at radius 1 is 1.03 bits per heavy atom. The summed E-state index contributed by atoms with van der Waals surface area (Å²) in [5, 5.41) is 11.4. The third-order valence-corrected chi connectivity index (χ3v) is 5.43. The van der Waals surface area contributed by atoms with Crippen LogP contribution in [-0.4, -0.2) is 35.4 Å². The predicted molar refractivity (Wildman–Crippen MR) is 125 cm³/mol. The number of fused-ring (bicyclic) bond motifs is 1. The van der Waals surface area contributed by atoms with Crippen molar-refractivity contribution in [3.8, 4) is 11.6 Å². The molecular weight excluding hydrogens is 475 g/mol. The molecule has 0 saturated heterocycles. The van der Waals surface area contributed by atoms with Crippen molar-refractivity contribution in [2.24, 2.45) is 0 Å². The molecule has 0 saturated carbocycles. The molecule has 0 unspecified atom stereocenters. The van der Waals surface area contributed by atoms with Crippen LogP contribution >= 0.6 is 0 Å². The smallest absolute Gasteiger partial charge is 0.306 e. The Morgan fingerprint density at radius 2 is 1.78 bits per heavy atom. The van der Waals surface area contributed by atoms with Gasteiger partial charge in [0.25, 0.3) is 11.5 Å². The van der Waals surface area contributed by atoms with Crippen LogP contribution in [0.2, 0.25) is 0 Å². The highest BCUT2D eigenvalue weighted by Crippen LogP contribution is 2.29. The molecule has 36 heavy (non-hydrogen) atoms. The average molecular weight is 493 g/mol. The fraction of sp³-hybridized carbons (Fsp3) is 0.125. The summed E-state index contributed by atoms with van der Waals surface area (Å²) in [5.74, 6) is -0.678. The summed E-state index contributed by atoms with van der Waals surface area (Å²) in [4.78, 5) is 32.7. The zero-order valence-corrected chi connectivity index (χ0v) is 19.0. The Morgan fingerprint density at radius 3 is 2.50 bits per heavy atom. The molecule has 3 heterocycles. The summed E-state index contributed by atoms with van der Waals surface area (Å²) in [6.07, 6.45) is -3.19. The van der Waals surface area contributed by atoms with Crippen LogP contribution in [0.4, 0.5) is 19.0 Å². The number of aromatic amines is 1. The quantitative estimate of drug-likeness (QED) is 0.390. The number of nitrogens with one attached hydrogen (secondary N) is 2. The summed E-state index contributed by atoms with van der Waals surface area (Å²) >= 11 is 0. The molecule has 0 atom stereocenters. The maximum Gasteiger partial charge on any atom is 0.416 e. The zero-order valence-electron chi connectivity index (χ0n) is 19.0. The van der Waals surface area contributed by atoms with E-state index < -0.39 is 23.2 Å². The highest BCUT2D eigenvalue weighted by atomic mass is 19.4. The number of nitrogens with zero attached hydrogens (tertiary/aromatic N) is 5. The van der Waals surface area contributed by atoms with E-state index in [0.717, 1.165) is 23.8 Å². The lowest BCUT2D eigenvalue weighted by molar-refractivity contribution is -0.137. The van der Waals surface area contributed by atoms with E-state index in [0.29, 0.717) is 11.4 Å². The third kappa shape index (κ3) is 4.24. The number of halogens is 3. The molecule has 3 aromatic heterocycles. The number of carbonyl (C=O) groups excluding carboxylic acids is 1. The molecule has 0 aliphatic heterocycles. The first kappa shape index (κ1) is 23.0. The number of benzene rings is 2. The Balaban J connectivity index is 1.55. The van der Waals surface area contributed by atoms with Gasteiger partial charge in [0.1, 0.15) is 11.2 Å². The van der Waals surface area contributed by atoms with Crippen LogP contribution in [0.15, 0.2) is 65.6 Å². The molecule has 9 nitrogen and oxygen atoms in total. The predicted octanol–water partition coefficient (Wildman–Crippen LogP) is 4.18. The van der Waals surface area contributed by atoms with Gasteiger partial charge < -0.3 is 5.32 Å². The second-order valence-electron chi connectivity index (χ2n) is 8.13. The number of aromatic nitrogens is 6. The number of aryl methyl sites for hydroxylation is 2. The maximum absolute atomic E-state index is 13.1. The van der Waals surface area contributed by atoms with Crippen molar-refractivity contribution in [1.82, 2.24) is 29.5 Å². The van der Waals surface area contributed by atoms with Gasteiger partial charge in [-0.05, 0) is 44.2 Å². The lowest BCUT2D eigenvalue weighted by atomic mass is 10.1. The molecule has 12 heteroatoms. The van der Waals surface area contributed by atoms with E-state index in [1.54, 1.807) is 6.92 Å². The monoisotopic (exact) mass is 493 g/mol. The molecule has 0 radical (unpaired) electrons. The number of alkyl halides is 3. The second kappa shape index (κ2) is 8.48. The van der Waals surface area contributed by atoms with Crippen molar-refractivity contribution in [3.63, 3.8) is 0 Å². The molecule has 5 rings (SSSR count). The first-order valence-electron chi connectivity index (χ1n) is 10.7. The highest BCUT2D eigenvalue weighted by Gasteiger charge is 2.31. The van der Waals surface area contributed by atoms with Crippen LogP contribution in [0.3, 0.4) is 0 Å². The summed E-state index contributed by atoms with van der Waals surface area (Å²) in [7, 11) is 0. The number of hydrogen-bond donors (Lipinski definition) is 2. The summed E-state index contributed by atoms with van der Waals surface area (Å²) < 4.78 is 41.9. The number of carbonyl (C=O) groups is 1. The van der Waals surface area contributed by atoms with Gasteiger partial charge in [-0.1, -0.05) is 23.8 Å². The molecule has 0 aliphatic rings. The molecule has 5 aromatic rings. The molecule has 182 valence electrons. The normalized spacial score (nSPS) is 11.7. The van der Waals surface area contributed by atoms with Gasteiger partial charge in [-0.2, -0.15) is 33.0 Å². The van der Waals surface area contributed by atoms with Gasteiger partial charge in [0, 0.05) is 11.6 Å². The highest BCUT2D eigenvalue weighted by molar-refractivity contribution is 6.04. The van der Waals surface area contributed by atoms with Crippen molar-refractivity contribution in [2.75, 3.05) is 5.32 Å². The Hall–Kier alpha value is -4.74. The average Bonchev–Trinajstić information content (AvgIpc) is 3.42. The molecule has 0 spiro atoms. The number of amides is 1. The number of rotatable bonds is 4. The van der Waals surface area contributed by atoms with Gasteiger partial charge in [0.2, 0.25) is 5.95 Å². The van der Waals surface area contributed by atoms with E-state index in [-0.39, 0.29) is 28.4 Å². The molecule has 0 aliphatic carbocycles. The fourth-order valence-electron chi connectivity index (χ4n) is 3.66. The van der Waals surface area contributed by atoms with Crippen LogP contribution in [0.25, 0.3) is 22.7 Å². The summed E-state index contributed by atoms with van der Waals surface area (Å²) in [5.41, 5.74) is 0.871. The topological polar surface area (TPSA) is 110 Å². The van der Waals surface area contributed by atoms with E-state index >= 15 is 0 Å². The van der Waals surface area contributed by atoms with E-state index in [1.807, 2.05) is 31.2 Å². The van der Waals surface area contributed by atoms with Crippen LogP contribution in [0, 0.1) is 13.8 Å². The van der Waals surface area contributed by atoms with Crippen molar-refractivity contribution >= 4 is 22.8 Å². The van der Waals surface area contributed by atoms with Crippen LogP contribution in [0.5, 0.6) is 0 Å². The van der Waals surface area contributed by atoms with Crippen molar-refractivity contribution in [1.29, 1.82) is 0 Å². The molecule has 0 fully saturated rings. The standard InChI is InChI=1S/C24H18F3N7O2/c1-13-6-8-17(9-7-13)33-20-18(12-28-33)22(36)31-23(30-20)34-19(10-14(2)32-34)29-21(35)15-4-3-5-16(11-15)24(25,26)27/h3-12H,1-2H3,(H,29,35)(H,30,31,36). The third-order valence-electron chi connectivity index (χ3n) is 5.43. The number of H-pyrrole nitrogens is 1. The van der Waals surface area contributed by atoms with Gasteiger partial charge in [0.05, 0.1) is 23.1 Å². The van der Waals surface area contributed by atoms with E-state index in [4.69, 9.17) is 0 Å². The largest absolute Gasteiger partial charge is 0.416 e. The first-order valence-corrected chi connectivity index (χ1v) is 10.7. The van der Waals surface area contributed by atoms with Crippen molar-refractivity contribution in [3.05, 3.63) is 93.5 Å². The number of hydrogen-bond acceptors (Lipinski definition) is 5. The minimum Gasteiger partial charge on any atom is -0.306 e. The van der Waals surface area contributed by atoms with Crippen molar-refractivity contribution < 1.29 is 18.0 Å². The molecular formula is C24H18F3N7O2. The Kier molecular flexibility index (Phi) is 5.43. The SMILES string of the molecule is Cc1ccc(-n2ncc3c(=O)[nH]c(-n4nc(C)cc4NC(=O)c4cccc(C(F)(F)F)c4)nc32)cc1. The Bertz CT molecular complexity index is 1660. The van der Waals surface area contributed by atoms with E-state index in [2.05, 4.69) is 25.5 Å². The zero-order chi connectivity index (χ0) is 25.6. The van der Waals surface area contributed by atoms with Crippen LogP contribution in [-0.2, 0) is 6.18 Å². The second-order valence-corrected chi connectivity index (χ2v) is 8.13. The molecule has 2 aromatic carbocycles. The van der Waals surface area contributed by atoms with E-state index in [9.17, 15) is 22.8 Å².